The van der Waals surface area contributed by atoms with Crippen LogP contribution in [-0.2, 0) is 22.6 Å². The minimum atomic E-state index is -0.807. The molecule has 2 atom stereocenters. The Labute approximate surface area is 179 Å². The second-order valence-corrected chi connectivity index (χ2v) is 7.88. The average Bonchev–Trinajstić information content (AvgIpc) is 3.48. The van der Waals surface area contributed by atoms with Gasteiger partial charge in [0, 0.05) is 18.5 Å². The highest BCUT2D eigenvalue weighted by atomic mass is 16.5. The molecule has 1 aromatic heterocycles. The quantitative estimate of drug-likeness (QED) is 0.392. The first kappa shape index (κ1) is 19.2. The molecule has 6 nitrogen and oxygen atoms in total. The van der Waals surface area contributed by atoms with Crippen LogP contribution in [-0.4, -0.2) is 27.8 Å². The van der Waals surface area contributed by atoms with Gasteiger partial charge in [-0.05, 0) is 48.4 Å². The number of hydrogen-bond donors (Lipinski definition) is 1. The molecule has 0 radical (unpaired) electrons. The monoisotopic (exact) mass is 415 g/mol. The van der Waals surface area contributed by atoms with Crippen LogP contribution in [0.4, 0.5) is 0 Å². The van der Waals surface area contributed by atoms with Crippen LogP contribution in [0.25, 0.3) is 5.76 Å². The second kappa shape index (κ2) is 7.47. The van der Waals surface area contributed by atoms with E-state index < -0.39 is 17.7 Å². The van der Waals surface area contributed by atoms with E-state index in [2.05, 4.69) is 0 Å². The van der Waals surface area contributed by atoms with Crippen molar-refractivity contribution in [2.75, 3.05) is 0 Å². The average molecular weight is 415 g/mol. The van der Waals surface area contributed by atoms with Crippen molar-refractivity contribution in [2.45, 2.75) is 32.0 Å². The minimum absolute atomic E-state index is 0.0304. The summed E-state index contributed by atoms with van der Waals surface area (Å²) in [5.74, 6) is -0.395. The van der Waals surface area contributed by atoms with E-state index in [1.54, 1.807) is 24.3 Å². The topological polar surface area (TPSA) is 80.0 Å². The first-order valence-corrected chi connectivity index (χ1v) is 10.2. The number of nitrogens with zero attached hydrogens (tertiary/aromatic N) is 1. The van der Waals surface area contributed by atoms with Crippen molar-refractivity contribution in [3.63, 3.8) is 0 Å². The standard InChI is InChI=1S/C25H21NO5/c1-15-12-18-13-17(9-10-19(18)31-15)23(27)21-22(20-8-5-11-30-20)26(25(29)24(21)28)14-16-6-3-2-4-7-16/h2-11,13,15,22,27H,12,14H2,1H3/t15-,22-/m1/s1. The molecule has 3 aromatic rings. The van der Waals surface area contributed by atoms with Crippen molar-refractivity contribution in [1.82, 2.24) is 4.90 Å². The third-order valence-electron chi connectivity index (χ3n) is 5.72. The molecular weight excluding hydrogens is 394 g/mol. The Morgan fingerprint density at radius 1 is 1.10 bits per heavy atom. The minimum Gasteiger partial charge on any atom is -0.507 e. The zero-order valence-electron chi connectivity index (χ0n) is 16.9. The van der Waals surface area contributed by atoms with Gasteiger partial charge in [-0.2, -0.15) is 0 Å². The summed E-state index contributed by atoms with van der Waals surface area (Å²) in [6, 6.07) is 17.3. The molecule has 1 amide bonds. The molecule has 0 aliphatic carbocycles. The van der Waals surface area contributed by atoms with E-state index in [0.29, 0.717) is 11.3 Å². The van der Waals surface area contributed by atoms with Crippen LogP contribution in [0.1, 0.15) is 35.4 Å². The molecule has 0 spiro atoms. The van der Waals surface area contributed by atoms with Crippen LogP contribution in [0, 0.1) is 0 Å². The van der Waals surface area contributed by atoms with Crippen molar-refractivity contribution in [1.29, 1.82) is 0 Å². The molecule has 0 unspecified atom stereocenters. The lowest BCUT2D eigenvalue weighted by Crippen LogP contribution is -2.29. The first-order valence-electron chi connectivity index (χ1n) is 10.2. The zero-order valence-corrected chi connectivity index (χ0v) is 16.9. The third kappa shape index (κ3) is 3.30. The number of furan rings is 1. The summed E-state index contributed by atoms with van der Waals surface area (Å²) in [4.78, 5) is 27.4. The lowest BCUT2D eigenvalue weighted by molar-refractivity contribution is -0.140. The highest BCUT2D eigenvalue weighted by Crippen LogP contribution is 2.41. The van der Waals surface area contributed by atoms with Gasteiger partial charge in [-0.25, -0.2) is 0 Å². The fourth-order valence-electron chi connectivity index (χ4n) is 4.29. The summed E-state index contributed by atoms with van der Waals surface area (Å²) in [7, 11) is 0. The number of Topliss-reactive ketones (excluding diaryl/α,β-unsaturated/α-hetero) is 1. The van der Waals surface area contributed by atoms with Gasteiger partial charge in [0.1, 0.15) is 29.4 Å². The first-order chi connectivity index (χ1) is 15.0. The highest BCUT2D eigenvalue weighted by molar-refractivity contribution is 6.46. The summed E-state index contributed by atoms with van der Waals surface area (Å²) in [6.45, 7) is 2.20. The Balaban J connectivity index is 1.60. The molecule has 2 aliphatic heterocycles. The van der Waals surface area contributed by atoms with Gasteiger partial charge in [0.15, 0.2) is 0 Å². The number of amides is 1. The molecule has 0 saturated carbocycles. The fourth-order valence-corrected chi connectivity index (χ4v) is 4.29. The van der Waals surface area contributed by atoms with E-state index in [1.807, 2.05) is 43.3 Å². The van der Waals surface area contributed by atoms with E-state index in [9.17, 15) is 14.7 Å². The van der Waals surface area contributed by atoms with E-state index in [4.69, 9.17) is 9.15 Å². The number of ketones is 1. The lowest BCUT2D eigenvalue weighted by atomic mass is 9.97. The smallest absolute Gasteiger partial charge is 0.296 e. The number of fused-ring (bicyclic) bond motifs is 1. The summed E-state index contributed by atoms with van der Waals surface area (Å²) in [5, 5.41) is 11.2. The number of carbonyl (C=O) groups excluding carboxylic acids is 2. The Kier molecular flexibility index (Phi) is 4.62. The van der Waals surface area contributed by atoms with E-state index in [-0.39, 0.29) is 24.0 Å². The molecule has 0 bridgehead atoms. The molecule has 3 heterocycles. The maximum absolute atomic E-state index is 13.0. The maximum atomic E-state index is 13.0. The van der Waals surface area contributed by atoms with Crippen LogP contribution < -0.4 is 4.74 Å². The van der Waals surface area contributed by atoms with Gasteiger partial charge in [-0.15, -0.1) is 0 Å². The van der Waals surface area contributed by atoms with Crippen molar-refractivity contribution >= 4 is 17.4 Å². The van der Waals surface area contributed by atoms with E-state index in [1.165, 1.54) is 11.2 Å². The van der Waals surface area contributed by atoms with Crippen molar-refractivity contribution in [3.05, 3.63) is 95.0 Å². The Hall–Kier alpha value is -3.80. The van der Waals surface area contributed by atoms with Gasteiger partial charge in [-0.3, -0.25) is 9.59 Å². The zero-order chi connectivity index (χ0) is 21.5. The molecule has 156 valence electrons. The van der Waals surface area contributed by atoms with Crippen LogP contribution in [0.2, 0.25) is 0 Å². The number of aliphatic hydroxyl groups excluding tert-OH is 1. The van der Waals surface area contributed by atoms with E-state index in [0.717, 1.165) is 23.3 Å². The largest absolute Gasteiger partial charge is 0.507 e. The number of likely N-dealkylation sites (tertiary alicyclic amines) is 1. The molecule has 6 heteroatoms. The normalized spacial score (nSPS) is 21.9. The SMILES string of the molecule is C[C@@H]1Cc2cc(C(O)=C3C(=O)C(=O)N(Cc4ccccc4)[C@@H]3c3ccco3)ccc2O1. The van der Waals surface area contributed by atoms with Gasteiger partial charge >= 0.3 is 0 Å². The summed E-state index contributed by atoms with van der Waals surface area (Å²) < 4.78 is 11.3. The highest BCUT2D eigenvalue weighted by Gasteiger charge is 2.47. The number of hydrogen-bond acceptors (Lipinski definition) is 5. The number of aliphatic hydroxyl groups is 1. The lowest BCUT2D eigenvalue weighted by Gasteiger charge is -2.23. The van der Waals surface area contributed by atoms with Gasteiger partial charge in [0.25, 0.3) is 11.7 Å². The molecule has 2 aromatic carbocycles. The van der Waals surface area contributed by atoms with Crippen molar-refractivity contribution in [2.24, 2.45) is 0 Å². The maximum Gasteiger partial charge on any atom is 0.296 e. The Bertz CT molecular complexity index is 1180. The number of ether oxygens (including phenoxy) is 1. The number of benzene rings is 2. The van der Waals surface area contributed by atoms with Gasteiger partial charge < -0.3 is 19.2 Å². The Morgan fingerprint density at radius 2 is 1.90 bits per heavy atom. The number of rotatable bonds is 4. The van der Waals surface area contributed by atoms with Crippen LogP contribution in [0.5, 0.6) is 5.75 Å². The molecular formula is C25H21NO5. The molecule has 31 heavy (non-hydrogen) atoms. The Morgan fingerprint density at radius 3 is 2.65 bits per heavy atom. The molecule has 1 N–H and O–H groups in total. The summed E-state index contributed by atoms with van der Waals surface area (Å²) in [6.07, 6.45) is 2.28. The molecule has 2 aliphatic rings. The molecule has 1 fully saturated rings. The predicted molar refractivity (Wildman–Crippen MR) is 113 cm³/mol. The van der Waals surface area contributed by atoms with Crippen molar-refractivity contribution in [3.8, 4) is 5.75 Å². The third-order valence-corrected chi connectivity index (χ3v) is 5.72. The van der Waals surface area contributed by atoms with Crippen LogP contribution in [0.15, 0.2) is 76.9 Å². The predicted octanol–water partition coefficient (Wildman–Crippen LogP) is 4.22. The van der Waals surface area contributed by atoms with Gasteiger partial charge in [0.2, 0.25) is 0 Å². The van der Waals surface area contributed by atoms with Crippen LogP contribution >= 0.6 is 0 Å². The number of carbonyl (C=O) groups is 2. The van der Waals surface area contributed by atoms with Crippen LogP contribution in [0.3, 0.4) is 0 Å². The van der Waals surface area contributed by atoms with Gasteiger partial charge in [0.05, 0.1) is 11.8 Å². The summed E-state index contributed by atoms with van der Waals surface area (Å²) >= 11 is 0. The summed E-state index contributed by atoms with van der Waals surface area (Å²) in [5.41, 5.74) is 2.35. The van der Waals surface area contributed by atoms with Crippen molar-refractivity contribution < 1.29 is 23.8 Å². The second-order valence-electron chi connectivity index (χ2n) is 7.88. The van der Waals surface area contributed by atoms with E-state index >= 15 is 0 Å². The fraction of sp³-hybridized carbons (Fsp3) is 0.200. The molecule has 1 saturated heterocycles. The molecule has 5 rings (SSSR count). The van der Waals surface area contributed by atoms with Gasteiger partial charge in [-0.1, -0.05) is 30.3 Å².